The van der Waals surface area contributed by atoms with Gasteiger partial charge < -0.3 is 0 Å². The summed E-state index contributed by atoms with van der Waals surface area (Å²) in [6.45, 7) is 9.11. The van der Waals surface area contributed by atoms with Gasteiger partial charge in [0.05, 0.1) is 0 Å². The SMILES string of the molecule is CCSc1ccccc1P(c1ccccc1SCC)c1ccc2ccccc2c1-c1c(P(c2ccccc2SCC)c2ccccc2SCC)ccc2ccccc12. The molecule has 0 aliphatic heterocycles. The van der Waals surface area contributed by atoms with E-state index < -0.39 is 15.8 Å². The Morgan fingerprint density at radius 1 is 0.293 bits per heavy atom. The molecule has 0 nitrogen and oxygen atoms in total. The highest BCUT2D eigenvalue weighted by molar-refractivity contribution is 8.01. The molecule has 58 heavy (non-hydrogen) atoms. The van der Waals surface area contributed by atoms with Gasteiger partial charge in [-0.3, -0.25) is 0 Å². The summed E-state index contributed by atoms with van der Waals surface area (Å²) < 4.78 is 0. The molecule has 8 rings (SSSR count). The third-order valence-corrected chi connectivity index (χ3v) is 19.8. The Labute approximate surface area is 364 Å². The quantitative estimate of drug-likeness (QED) is 0.0743. The molecule has 6 heteroatoms. The third kappa shape index (κ3) is 8.45. The maximum Gasteiger partial charge on any atom is 0.0155 e. The predicted octanol–water partition coefficient (Wildman–Crippen LogP) is 13.6. The van der Waals surface area contributed by atoms with Gasteiger partial charge in [-0.2, -0.15) is 0 Å². The number of rotatable bonds is 15. The Bertz CT molecular complexity index is 2390. The highest BCUT2D eigenvalue weighted by Crippen LogP contribution is 2.49. The first-order chi connectivity index (χ1) is 28.7. The molecule has 0 saturated heterocycles. The average Bonchev–Trinajstić information content (AvgIpc) is 3.26. The van der Waals surface area contributed by atoms with Gasteiger partial charge in [0.1, 0.15) is 0 Å². The molecule has 0 aliphatic rings. The molecule has 290 valence electrons. The van der Waals surface area contributed by atoms with Crippen LogP contribution >= 0.6 is 62.9 Å². The van der Waals surface area contributed by atoms with Gasteiger partial charge in [-0.25, -0.2) is 0 Å². The highest BCUT2D eigenvalue weighted by atomic mass is 32.2. The Balaban J connectivity index is 1.56. The van der Waals surface area contributed by atoms with E-state index in [-0.39, 0.29) is 0 Å². The Kier molecular flexibility index (Phi) is 14.0. The molecule has 0 radical (unpaired) electrons. The van der Waals surface area contributed by atoms with E-state index >= 15 is 0 Å². The van der Waals surface area contributed by atoms with Gasteiger partial charge in [-0.15, -0.1) is 47.0 Å². The van der Waals surface area contributed by atoms with E-state index in [1.165, 1.54) is 84.1 Å². The van der Waals surface area contributed by atoms with Crippen LogP contribution in [0, 0.1) is 0 Å². The van der Waals surface area contributed by atoms with Crippen molar-refractivity contribution in [1.29, 1.82) is 0 Å². The average molecular weight is 863 g/mol. The zero-order valence-corrected chi connectivity index (χ0v) is 38.6. The molecule has 0 aromatic heterocycles. The zero-order valence-electron chi connectivity index (χ0n) is 33.5. The van der Waals surface area contributed by atoms with E-state index in [0.717, 1.165) is 23.0 Å². The Morgan fingerprint density at radius 2 is 0.569 bits per heavy atom. The fraction of sp³-hybridized carbons (Fsp3) is 0.154. The number of benzene rings is 8. The minimum absolute atomic E-state index is 0.990. The van der Waals surface area contributed by atoms with Crippen molar-refractivity contribution in [3.63, 3.8) is 0 Å². The molecule has 0 spiro atoms. The normalized spacial score (nSPS) is 11.6. The van der Waals surface area contributed by atoms with Gasteiger partial charge in [0, 0.05) is 19.6 Å². The van der Waals surface area contributed by atoms with Crippen LogP contribution in [0.2, 0.25) is 0 Å². The summed E-state index contributed by atoms with van der Waals surface area (Å²) >= 11 is 7.88. The lowest BCUT2D eigenvalue weighted by atomic mass is 9.93. The minimum atomic E-state index is -0.990. The standard InChI is InChI=1S/C52H48P2S4/c1-5-55-47-29-17-13-25-41(47)53(42-26-14-18-30-48(42)56-6-2)45-35-33-37-21-9-11-23-39(37)51(45)52-40-24-12-10-22-38(40)34-36-46(52)54(43-27-15-19-31-49(43)57-7-3)44-28-16-20-32-50(44)58-8-4/h9-36H,5-8H2,1-4H3. The van der Waals surface area contributed by atoms with Crippen molar-refractivity contribution in [3.8, 4) is 11.1 Å². The second-order valence-corrected chi connectivity index (χ2v) is 23.1. The van der Waals surface area contributed by atoms with E-state index in [2.05, 4.69) is 198 Å². The number of thioether (sulfide) groups is 4. The highest BCUT2D eigenvalue weighted by Gasteiger charge is 2.31. The van der Waals surface area contributed by atoms with Crippen LogP contribution in [0.3, 0.4) is 0 Å². The van der Waals surface area contributed by atoms with Crippen molar-refractivity contribution >= 4 is 116 Å². The zero-order chi connectivity index (χ0) is 39.8. The second kappa shape index (κ2) is 19.7. The first kappa shape index (κ1) is 41.3. The Hall–Kier alpha value is -3.46. The van der Waals surface area contributed by atoms with Crippen molar-refractivity contribution in [1.82, 2.24) is 0 Å². The lowest BCUT2D eigenvalue weighted by Crippen LogP contribution is -2.28. The number of hydrogen-bond donors (Lipinski definition) is 0. The van der Waals surface area contributed by atoms with Crippen LogP contribution in [0.15, 0.2) is 189 Å². The molecule has 0 bridgehead atoms. The van der Waals surface area contributed by atoms with Crippen molar-refractivity contribution in [2.75, 3.05) is 23.0 Å². The molecule has 0 N–H and O–H groups in total. The third-order valence-electron chi connectivity index (χ3n) is 10.2. The smallest absolute Gasteiger partial charge is 0.0155 e. The minimum Gasteiger partial charge on any atom is -0.126 e. The van der Waals surface area contributed by atoms with Gasteiger partial charge in [0.2, 0.25) is 0 Å². The topological polar surface area (TPSA) is 0 Å². The summed E-state index contributed by atoms with van der Waals surface area (Å²) in [5.41, 5.74) is 2.75. The van der Waals surface area contributed by atoms with Crippen LogP contribution in [0.25, 0.3) is 32.7 Å². The Morgan fingerprint density at radius 3 is 0.879 bits per heavy atom. The molecule has 8 aromatic rings. The predicted molar refractivity (Wildman–Crippen MR) is 270 cm³/mol. The van der Waals surface area contributed by atoms with Crippen LogP contribution < -0.4 is 31.8 Å². The van der Waals surface area contributed by atoms with Crippen molar-refractivity contribution in [3.05, 3.63) is 170 Å². The van der Waals surface area contributed by atoms with Gasteiger partial charge in [-0.05, 0) is 128 Å². The van der Waals surface area contributed by atoms with E-state index in [4.69, 9.17) is 0 Å². The monoisotopic (exact) mass is 862 g/mol. The molecule has 0 unspecified atom stereocenters. The summed E-state index contributed by atoms with van der Waals surface area (Å²) in [6.07, 6.45) is 0. The van der Waals surface area contributed by atoms with Crippen LogP contribution in [-0.4, -0.2) is 23.0 Å². The van der Waals surface area contributed by atoms with E-state index in [1.54, 1.807) is 0 Å². The number of hydrogen-bond acceptors (Lipinski definition) is 4. The second-order valence-electron chi connectivity index (χ2n) is 13.6. The van der Waals surface area contributed by atoms with Gasteiger partial charge in [0.25, 0.3) is 0 Å². The fourth-order valence-electron chi connectivity index (χ4n) is 7.87. The molecular formula is C52H48P2S4. The van der Waals surface area contributed by atoms with Crippen molar-refractivity contribution in [2.24, 2.45) is 0 Å². The van der Waals surface area contributed by atoms with Crippen LogP contribution in [0.5, 0.6) is 0 Å². The molecule has 0 aliphatic carbocycles. The summed E-state index contributed by atoms with van der Waals surface area (Å²) in [5, 5.41) is 13.7. The maximum absolute atomic E-state index is 2.50. The van der Waals surface area contributed by atoms with Gasteiger partial charge >= 0.3 is 0 Å². The van der Waals surface area contributed by atoms with Crippen molar-refractivity contribution in [2.45, 2.75) is 47.3 Å². The lowest BCUT2D eigenvalue weighted by Gasteiger charge is -2.30. The maximum atomic E-state index is 2.50. The molecule has 8 aromatic carbocycles. The summed E-state index contributed by atoms with van der Waals surface area (Å²) in [4.78, 5) is 5.51. The molecule has 0 heterocycles. The van der Waals surface area contributed by atoms with Crippen LogP contribution in [0.4, 0.5) is 0 Å². The van der Waals surface area contributed by atoms with E-state index in [1.807, 2.05) is 47.0 Å². The van der Waals surface area contributed by atoms with Crippen LogP contribution in [0.1, 0.15) is 27.7 Å². The largest absolute Gasteiger partial charge is 0.126 e. The molecule has 0 atom stereocenters. The van der Waals surface area contributed by atoms with Gasteiger partial charge in [-0.1, -0.05) is 173 Å². The number of fused-ring (bicyclic) bond motifs is 2. The summed E-state index contributed by atoms with van der Waals surface area (Å²) in [5.74, 6) is 4.10. The van der Waals surface area contributed by atoms with E-state index in [0.29, 0.717) is 0 Å². The summed E-state index contributed by atoms with van der Waals surface area (Å²) in [7, 11) is -1.98. The van der Waals surface area contributed by atoms with Crippen molar-refractivity contribution < 1.29 is 0 Å². The first-order valence-electron chi connectivity index (χ1n) is 20.2. The lowest BCUT2D eigenvalue weighted by molar-refractivity contribution is 1.45. The fourth-order valence-corrected chi connectivity index (χ4v) is 17.6. The molecular weight excluding hydrogens is 815 g/mol. The van der Waals surface area contributed by atoms with Crippen LogP contribution in [-0.2, 0) is 0 Å². The van der Waals surface area contributed by atoms with Gasteiger partial charge in [0.15, 0.2) is 0 Å². The first-order valence-corrected chi connectivity index (χ1v) is 26.8. The molecule has 0 saturated carbocycles. The summed E-state index contributed by atoms with van der Waals surface area (Å²) in [6, 6.07) is 65.0. The molecule has 0 fully saturated rings. The van der Waals surface area contributed by atoms with E-state index in [9.17, 15) is 0 Å². The molecule has 0 amide bonds.